The van der Waals surface area contributed by atoms with E-state index >= 15 is 0 Å². The van der Waals surface area contributed by atoms with Gasteiger partial charge in [0, 0.05) is 6.04 Å². The summed E-state index contributed by atoms with van der Waals surface area (Å²) >= 11 is 0. The molecular weight excluding hydrogens is 265 g/mol. The second kappa shape index (κ2) is 6.72. The minimum absolute atomic E-state index is 0.0321. The van der Waals surface area contributed by atoms with E-state index in [0.717, 1.165) is 11.1 Å². The van der Waals surface area contributed by atoms with Crippen LogP contribution in [-0.2, 0) is 13.0 Å². The smallest absolute Gasteiger partial charge is 0.123 e. The van der Waals surface area contributed by atoms with Crippen LogP contribution in [0.2, 0.25) is 0 Å². The Hall–Kier alpha value is -1.87. The summed E-state index contributed by atoms with van der Waals surface area (Å²) < 4.78 is 19.2. The molecule has 21 heavy (non-hydrogen) atoms. The zero-order chi connectivity index (χ0) is 15.4. The fraction of sp³-hybridized carbons (Fsp3) is 0.333. The summed E-state index contributed by atoms with van der Waals surface area (Å²) in [6, 6.07) is 10.9. The molecule has 1 unspecified atom stereocenters. The van der Waals surface area contributed by atoms with E-state index in [1.807, 2.05) is 6.92 Å². The third-order valence-electron chi connectivity index (χ3n) is 3.24. The van der Waals surface area contributed by atoms with Gasteiger partial charge < -0.3 is 10.5 Å². The largest absolute Gasteiger partial charge is 0.489 e. The van der Waals surface area contributed by atoms with Crippen LogP contribution in [0.1, 0.15) is 29.2 Å². The summed E-state index contributed by atoms with van der Waals surface area (Å²) in [5.74, 6) is 0.442. The van der Waals surface area contributed by atoms with Gasteiger partial charge in [-0.3, -0.25) is 0 Å². The molecule has 0 aliphatic heterocycles. The molecule has 2 rings (SSSR count). The lowest BCUT2D eigenvalue weighted by molar-refractivity contribution is 0.301. The average Bonchev–Trinajstić information content (AvgIpc) is 2.36. The van der Waals surface area contributed by atoms with Gasteiger partial charge in [0.15, 0.2) is 0 Å². The topological polar surface area (TPSA) is 35.2 Å². The Morgan fingerprint density at radius 2 is 1.76 bits per heavy atom. The molecule has 0 amide bonds. The summed E-state index contributed by atoms with van der Waals surface area (Å²) in [6.45, 7) is 6.50. The van der Waals surface area contributed by atoms with Crippen LogP contribution in [0.3, 0.4) is 0 Å². The lowest BCUT2D eigenvalue weighted by Gasteiger charge is -2.14. The number of rotatable bonds is 5. The van der Waals surface area contributed by atoms with Crippen molar-refractivity contribution < 1.29 is 9.13 Å². The van der Waals surface area contributed by atoms with Crippen molar-refractivity contribution in [3.05, 3.63) is 64.5 Å². The van der Waals surface area contributed by atoms with Crippen LogP contribution in [-0.4, -0.2) is 6.04 Å². The van der Waals surface area contributed by atoms with Crippen molar-refractivity contribution >= 4 is 0 Å². The average molecular weight is 287 g/mol. The van der Waals surface area contributed by atoms with E-state index in [2.05, 4.69) is 32.0 Å². The van der Waals surface area contributed by atoms with Crippen molar-refractivity contribution in [2.75, 3.05) is 0 Å². The Balaban J connectivity index is 2.15. The molecule has 0 heterocycles. The number of hydrogen-bond acceptors (Lipinski definition) is 2. The molecule has 2 nitrogen and oxygen atoms in total. The van der Waals surface area contributed by atoms with Gasteiger partial charge in [-0.15, -0.1) is 0 Å². The Labute approximate surface area is 125 Å². The summed E-state index contributed by atoms with van der Waals surface area (Å²) in [6.07, 6.45) is 0.597. The van der Waals surface area contributed by atoms with E-state index in [9.17, 15) is 4.39 Å². The fourth-order valence-electron chi connectivity index (χ4n) is 2.51. The van der Waals surface area contributed by atoms with Gasteiger partial charge in [-0.1, -0.05) is 29.3 Å². The van der Waals surface area contributed by atoms with Gasteiger partial charge in [-0.05, 0) is 56.5 Å². The molecule has 112 valence electrons. The minimum atomic E-state index is -0.260. The first kappa shape index (κ1) is 15.5. The second-order valence-corrected chi connectivity index (χ2v) is 5.72. The maximum Gasteiger partial charge on any atom is 0.123 e. The summed E-state index contributed by atoms with van der Waals surface area (Å²) in [5, 5.41) is 0. The molecule has 1 atom stereocenters. The molecule has 2 aromatic rings. The molecule has 0 saturated carbocycles. The van der Waals surface area contributed by atoms with Gasteiger partial charge in [0.05, 0.1) is 0 Å². The van der Waals surface area contributed by atoms with E-state index in [4.69, 9.17) is 10.5 Å². The van der Waals surface area contributed by atoms with Gasteiger partial charge >= 0.3 is 0 Å². The summed E-state index contributed by atoms with van der Waals surface area (Å²) in [5.41, 5.74) is 10.2. The highest BCUT2D eigenvalue weighted by molar-refractivity contribution is 5.35. The fourth-order valence-corrected chi connectivity index (χ4v) is 2.51. The lowest BCUT2D eigenvalue weighted by Crippen LogP contribution is -2.18. The zero-order valence-electron chi connectivity index (χ0n) is 12.8. The van der Waals surface area contributed by atoms with E-state index in [0.29, 0.717) is 18.8 Å². The van der Waals surface area contributed by atoms with Crippen LogP contribution in [0.15, 0.2) is 36.4 Å². The SMILES string of the molecule is Cc1cc(C)cc(COc2ccc(F)cc2CC(C)N)c1. The number of ether oxygens (including phenoxy) is 1. The van der Waals surface area contributed by atoms with Crippen molar-refractivity contribution in [1.82, 2.24) is 0 Å². The Kier molecular flexibility index (Phi) is 4.97. The third kappa shape index (κ3) is 4.57. The quantitative estimate of drug-likeness (QED) is 0.905. The molecule has 3 heteroatoms. The van der Waals surface area contributed by atoms with Crippen LogP contribution in [0.4, 0.5) is 4.39 Å². The molecule has 0 spiro atoms. The van der Waals surface area contributed by atoms with Gasteiger partial charge in [0.25, 0.3) is 0 Å². The molecule has 0 aliphatic carbocycles. The van der Waals surface area contributed by atoms with Gasteiger partial charge in [0.2, 0.25) is 0 Å². The molecule has 0 bridgehead atoms. The highest BCUT2D eigenvalue weighted by Gasteiger charge is 2.08. The van der Waals surface area contributed by atoms with E-state index in [1.54, 1.807) is 6.07 Å². The van der Waals surface area contributed by atoms with E-state index < -0.39 is 0 Å². The summed E-state index contributed by atoms with van der Waals surface area (Å²) in [4.78, 5) is 0. The highest BCUT2D eigenvalue weighted by Crippen LogP contribution is 2.22. The first-order chi connectivity index (χ1) is 9.94. The van der Waals surface area contributed by atoms with Crippen LogP contribution in [0, 0.1) is 19.7 Å². The highest BCUT2D eigenvalue weighted by atomic mass is 19.1. The monoisotopic (exact) mass is 287 g/mol. The number of nitrogens with two attached hydrogens (primary N) is 1. The van der Waals surface area contributed by atoms with Crippen molar-refractivity contribution in [3.63, 3.8) is 0 Å². The molecule has 0 aromatic heterocycles. The van der Waals surface area contributed by atoms with Crippen LogP contribution < -0.4 is 10.5 Å². The van der Waals surface area contributed by atoms with E-state index in [1.165, 1.54) is 23.3 Å². The maximum atomic E-state index is 13.4. The zero-order valence-corrected chi connectivity index (χ0v) is 12.8. The van der Waals surface area contributed by atoms with Crippen molar-refractivity contribution in [1.29, 1.82) is 0 Å². The Morgan fingerprint density at radius 3 is 2.38 bits per heavy atom. The number of aryl methyl sites for hydroxylation is 2. The Morgan fingerprint density at radius 1 is 1.10 bits per heavy atom. The van der Waals surface area contributed by atoms with Crippen molar-refractivity contribution in [3.8, 4) is 5.75 Å². The number of halogens is 1. The van der Waals surface area contributed by atoms with Crippen LogP contribution >= 0.6 is 0 Å². The van der Waals surface area contributed by atoms with Crippen LogP contribution in [0.25, 0.3) is 0 Å². The molecular formula is C18H22FNO. The lowest BCUT2D eigenvalue weighted by atomic mass is 10.1. The Bertz CT molecular complexity index is 602. The predicted molar refractivity (Wildman–Crippen MR) is 84.0 cm³/mol. The van der Waals surface area contributed by atoms with Gasteiger partial charge in [-0.2, -0.15) is 0 Å². The molecule has 2 N–H and O–H groups in total. The third-order valence-corrected chi connectivity index (χ3v) is 3.24. The maximum absolute atomic E-state index is 13.4. The first-order valence-corrected chi connectivity index (χ1v) is 7.18. The van der Waals surface area contributed by atoms with Gasteiger partial charge in [-0.25, -0.2) is 4.39 Å². The normalized spacial score (nSPS) is 12.2. The van der Waals surface area contributed by atoms with E-state index in [-0.39, 0.29) is 11.9 Å². The standard InChI is InChI=1S/C18H22FNO/c1-12-6-13(2)8-15(7-12)11-21-18-5-4-17(19)10-16(18)9-14(3)20/h4-8,10,14H,9,11,20H2,1-3H3. The van der Waals surface area contributed by atoms with Crippen molar-refractivity contribution in [2.45, 2.75) is 39.8 Å². The number of hydrogen-bond donors (Lipinski definition) is 1. The summed E-state index contributed by atoms with van der Waals surface area (Å²) in [7, 11) is 0. The van der Waals surface area contributed by atoms with Gasteiger partial charge in [0.1, 0.15) is 18.2 Å². The minimum Gasteiger partial charge on any atom is -0.489 e. The van der Waals surface area contributed by atoms with Crippen molar-refractivity contribution in [2.24, 2.45) is 5.73 Å². The molecule has 2 aromatic carbocycles. The number of benzene rings is 2. The molecule has 0 fully saturated rings. The first-order valence-electron chi connectivity index (χ1n) is 7.18. The molecule has 0 saturated heterocycles. The van der Waals surface area contributed by atoms with Crippen LogP contribution in [0.5, 0.6) is 5.75 Å². The second-order valence-electron chi connectivity index (χ2n) is 5.72. The molecule has 0 aliphatic rings. The predicted octanol–water partition coefficient (Wildman–Crippen LogP) is 3.91. The molecule has 0 radical (unpaired) electrons.